The highest BCUT2D eigenvalue weighted by Gasteiger charge is 2.10. The minimum Gasteiger partial charge on any atom is -0.436 e. The van der Waals surface area contributed by atoms with Crippen LogP contribution in [0.25, 0.3) is 28.3 Å². The lowest BCUT2D eigenvalue weighted by Crippen LogP contribution is -2.23. The molecule has 30 heavy (non-hydrogen) atoms. The van der Waals surface area contributed by atoms with E-state index in [9.17, 15) is 9.90 Å². The third kappa shape index (κ3) is 3.40. The van der Waals surface area contributed by atoms with Crippen LogP contribution in [0.5, 0.6) is 0 Å². The van der Waals surface area contributed by atoms with Gasteiger partial charge in [-0.15, -0.1) is 0 Å². The third-order valence-corrected chi connectivity index (χ3v) is 4.80. The minimum atomic E-state index is -0.208. The second-order valence-corrected chi connectivity index (χ2v) is 6.84. The summed E-state index contributed by atoms with van der Waals surface area (Å²) in [4.78, 5) is 25.1. The molecule has 0 spiro atoms. The molecule has 2 N–H and O–H groups in total. The van der Waals surface area contributed by atoms with Gasteiger partial charge in [0, 0.05) is 36.9 Å². The number of aromatic nitrogens is 4. The first-order valence-electron chi connectivity index (χ1n) is 9.36. The Morgan fingerprint density at radius 3 is 2.77 bits per heavy atom. The van der Waals surface area contributed by atoms with Crippen LogP contribution in [0.4, 0.5) is 0 Å². The van der Waals surface area contributed by atoms with E-state index in [2.05, 4.69) is 20.3 Å². The zero-order chi connectivity index (χ0) is 20.5. The second kappa shape index (κ2) is 7.41. The Bertz CT molecular complexity index is 1350. The molecule has 0 saturated carbocycles. The maximum atomic E-state index is 12.4. The van der Waals surface area contributed by atoms with E-state index in [1.165, 1.54) is 6.20 Å². The number of aliphatic hydroxyl groups excluding tert-OH is 1. The van der Waals surface area contributed by atoms with Crippen molar-refractivity contribution in [3.8, 4) is 11.5 Å². The van der Waals surface area contributed by atoms with Gasteiger partial charge in [-0.25, -0.2) is 15.0 Å². The van der Waals surface area contributed by atoms with Gasteiger partial charge in [0.05, 0.1) is 12.2 Å². The smallest absolute Gasteiger partial charge is 0.254 e. The summed E-state index contributed by atoms with van der Waals surface area (Å²) in [7, 11) is 0. The molecule has 5 rings (SSSR count). The number of carbonyl (C=O) groups is 1. The van der Waals surface area contributed by atoms with Gasteiger partial charge >= 0.3 is 0 Å². The summed E-state index contributed by atoms with van der Waals surface area (Å²) in [6.45, 7) is 0.347. The zero-order valence-electron chi connectivity index (χ0n) is 15.8. The van der Waals surface area contributed by atoms with Crippen molar-refractivity contribution < 1.29 is 14.3 Å². The summed E-state index contributed by atoms with van der Waals surface area (Å²) in [5.41, 5.74) is 4.41. The van der Waals surface area contributed by atoms with Crippen molar-refractivity contribution in [3.05, 3.63) is 83.9 Å². The van der Waals surface area contributed by atoms with E-state index in [1.807, 2.05) is 36.4 Å². The largest absolute Gasteiger partial charge is 0.436 e. The van der Waals surface area contributed by atoms with Crippen LogP contribution in [0.3, 0.4) is 0 Å². The molecule has 0 aliphatic carbocycles. The molecule has 0 aliphatic heterocycles. The minimum absolute atomic E-state index is 0.0369. The maximum absolute atomic E-state index is 12.4. The quantitative estimate of drug-likeness (QED) is 0.471. The van der Waals surface area contributed by atoms with Gasteiger partial charge in [0.25, 0.3) is 5.91 Å². The number of oxazole rings is 1. The summed E-state index contributed by atoms with van der Waals surface area (Å²) in [6.07, 6.45) is 6.59. The number of hydrogen-bond donors (Lipinski definition) is 2. The number of benzene rings is 2. The molecule has 2 aromatic carbocycles. The number of fused-ring (bicyclic) bond motifs is 2. The third-order valence-electron chi connectivity index (χ3n) is 4.80. The first-order valence-corrected chi connectivity index (χ1v) is 9.36. The van der Waals surface area contributed by atoms with Gasteiger partial charge in [0.2, 0.25) is 11.7 Å². The number of hydrogen-bond acceptors (Lipinski definition) is 6. The van der Waals surface area contributed by atoms with E-state index in [0.717, 1.165) is 16.7 Å². The Morgan fingerprint density at radius 2 is 1.93 bits per heavy atom. The van der Waals surface area contributed by atoms with Gasteiger partial charge in [-0.1, -0.05) is 18.2 Å². The van der Waals surface area contributed by atoms with Crippen LogP contribution >= 0.6 is 0 Å². The van der Waals surface area contributed by atoms with Gasteiger partial charge in [-0.2, -0.15) is 0 Å². The molecule has 1 amide bonds. The lowest BCUT2D eigenvalue weighted by Gasteiger charge is -2.06. The highest BCUT2D eigenvalue weighted by Crippen LogP contribution is 2.25. The van der Waals surface area contributed by atoms with Crippen molar-refractivity contribution >= 4 is 22.8 Å². The Hall–Kier alpha value is -4.04. The molecule has 8 nitrogen and oxygen atoms in total. The van der Waals surface area contributed by atoms with Crippen LogP contribution in [-0.2, 0) is 13.2 Å². The first-order chi connectivity index (χ1) is 14.7. The molecule has 3 aromatic heterocycles. The molecule has 0 unspecified atom stereocenters. The van der Waals surface area contributed by atoms with E-state index < -0.39 is 0 Å². The average molecular weight is 399 g/mol. The van der Waals surface area contributed by atoms with E-state index in [0.29, 0.717) is 34.9 Å². The number of rotatable bonds is 5. The summed E-state index contributed by atoms with van der Waals surface area (Å²) >= 11 is 0. The summed E-state index contributed by atoms with van der Waals surface area (Å²) < 4.78 is 7.50. The first kappa shape index (κ1) is 18.0. The molecule has 148 valence electrons. The molecule has 3 heterocycles. The second-order valence-electron chi connectivity index (χ2n) is 6.84. The van der Waals surface area contributed by atoms with Gasteiger partial charge in [0.1, 0.15) is 5.52 Å². The number of imidazole rings is 1. The summed E-state index contributed by atoms with van der Waals surface area (Å²) in [6, 6.07) is 13.1. The molecular weight excluding hydrogens is 382 g/mol. The summed E-state index contributed by atoms with van der Waals surface area (Å²) in [5, 5.41) is 12.1. The van der Waals surface area contributed by atoms with Crippen molar-refractivity contribution in [1.29, 1.82) is 0 Å². The van der Waals surface area contributed by atoms with E-state index >= 15 is 0 Å². The predicted molar refractivity (Wildman–Crippen MR) is 110 cm³/mol. The Balaban J connectivity index is 1.28. The molecule has 0 atom stereocenters. The number of nitrogens with one attached hydrogen (secondary N) is 1. The molecule has 0 aliphatic rings. The van der Waals surface area contributed by atoms with Crippen LogP contribution in [0.1, 0.15) is 21.5 Å². The van der Waals surface area contributed by atoms with Crippen molar-refractivity contribution in [3.63, 3.8) is 0 Å². The number of nitrogens with zero attached hydrogens (tertiary/aromatic N) is 4. The standard InChI is InChI=1S/C22H17N5O3/c28-13-15-3-6-19-18(9-15)26-21(30-19)16-4-1-14(2-5-16)10-24-20(29)17-11-25-22-23-7-8-27(22)12-17/h1-9,11-12,28H,10,13H2,(H,24,29). The molecule has 5 aromatic rings. The van der Waals surface area contributed by atoms with Crippen molar-refractivity contribution in [2.45, 2.75) is 13.2 Å². The van der Waals surface area contributed by atoms with Crippen molar-refractivity contribution in [2.24, 2.45) is 0 Å². The van der Waals surface area contributed by atoms with Crippen molar-refractivity contribution in [2.75, 3.05) is 0 Å². The van der Waals surface area contributed by atoms with Crippen molar-refractivity contribution in [1.82, 2.24) is 24.7 Å². The van der Waals surface area contributed by atoms with E-state index in [-0.39, 0.29) is 12.5 Å². The van der Waals surface area contributed by atoms with E-state index in [4.69, 9.17) is 4.42 Å². The fourth-order valence-electron chi connectivity index (χ4n) is 3.18. The highest BCUT2D eigenvalue weighted by atomic mass is 16.3. The molecule has 8 heteroatoms. The topological polar surface area (TPSA) is 106 Å². The van der Waals surface area contributed by atoms with E-state index in [1.54, 1.807) is 29.1 Å². The lowest BCUT2D eigenvalue weighted by atomic mass is 10.1. The highest BCUT2D eigenvalue weighted by molar-refractivity contribution is 5.93. The van der Waals surface area contributed by atoms with Crippen LogP contribution in [0.2, 0.25) is 0 Å². The number of aliphatic hydroxyl groups is 1. The summed E-state index contributed by atoms with van der Waals surface area (Å²) in [5.74, 6) is 0.852. The Morgan fingerprint density at radius 1 is 1.10 bits per heavy atom. The fourth-order valence-corrected chi connectivity index (χ4v) is 3.18. The number of carbonyl (C=O) groups excluding carboxylic acids is 1. The lowest BCUT2D eigenvalue weighted by molar-refractivity contribution is 0.0950. The molecule has 0 fully saturated rings. The monoisotopic (exact) mass is 399 g/mol. The SMILES string of the molecule is O=C(NCc1ccc(-c2nc3cc(CO)ccc3o2)cc1)c1cnc2nccn2c1. The molecule has 0 saturated heterocycles. The predicted octanol–water partition coefficient (Wildman–Crippen LogP) is 2.96. The normalized spacial score (nSPS) is 11.2. The number of amides is 1. The van der Waals surface area contributed by atoms with Crippen LogP contribution < -0.4 is 5.32 Å². The fraction of sp³-hybridized carbons (Fsp3) is 0.0909. The Kier molecular flexibility index (Phi) is 4.45. The molecule has 0 bridgehead atoms. The zero-order valence-corrected chi connectivity index (χ0v) is 15.8. The maximum Gasteiger partial charge on any atom is 0.254 e. The van der Waals surface area contributed by atoms with Crippen LogP contribution in [0.15, 0.2) is 71.7 Å². The van der Waals surface area contributed by atoms with Gasteiger partial charge in [-0.3, -0.25) is 9.20 Å². The van der Waals surface area contributed by atoms with Crippen LogP contribution in [0, 0.1) is 0 Å². The molecule has 0 radical (unpaired) electrons. The van der Waals surface area contributed by atoms with Gasteiger partial charge in [-0.05, 0) is 35.4 Å². The Labute approximate surface area is 170 Å². The average Bonchev–Trinajstić information content (AvgIpc) is 3.43. The van der Waals surface area contributed by atoms with Gasteiger partial charge in [0.15, 0.2) is 5.58 Å². The van der Waals surface area contributed by atoms with Crippen LogP contribution in [-0.4, -0.2) is 30.4 Å². The van der Waals surface area contributed by atoms with Gasteiger partial charge < -0.3 is 14.8 Å². The molecular formula is C22H17N5O3.